The molecule has 1 aliphatic rings. The summed E-state index contributed by atoms with van der Waals surface area (Å²) < 4.78 is 33.1. The summed E-state index contributed by atoms with van der Waals surface area (Å²) in [6.45, 7) is 6.15. The van der Waals surface area contributed by atoms with Gasteiger partial charge in [-0.05, 0) is 30.7 Å². The normalized spacial score (nSPS) is 17.3. The summed E-state index contributed by atoms with van der Waals surface area (Å²) in [4.78, 5) is 2.50. The van der Waals surface area contributed by atoms with E-state index < -0.39 is 10.0 Å². The third-order valence-corrected chi connectivity index (χ3v) is 5.61. The molecule has 7 heteroatoms. The van der Waals surface area contributed by atoms with Gasteiger partial charge in [0.05, 0.1) is 18.1 Å². The number of morpholine rings is 1. The third kappa shape index (κ3) is 4.26. The molecule has 20 heavy (non-hydrogen) atoms. The van der Waals surface area contributed by atoms with Crippen LogP contribution in [-0.4, -0.2) is 52.7 Å². The van der Waals surface area contributed by atoms with Crippen molar-refractivity contribution >= 4 is 26.0 Å². The first-order valence-corrected chi connectivity index (χ1v) is 8.82. The largest absolute Gasteiger partial charge is 0.379 e. The Balaban J connectivity index is 1.91. The van der Waals surface area contributed by atoms with Crippen LogP contribution in [0.25, 0.3) is 0 Å². The molecule has 0 spiro atoms. The molecule has 2 rings (SSSR count). The van der Waals surface area contributed by atoms with E-state index in [4.69, 9.17) is 4.74 Å². The minimum Gasteiger partial charge on any atom is -0.379 e. The summed E-state index contributed by atoms with van der Waals surface area (Å²) in [5.41, 5.74) is 0.904. The molecule has 1 aliphatic heterocycles. The highest BCUT2D eigenvalue weighted by Gasteiger charge is 2.16. The van der Waals surface area contributed by atoms with Gasteiger partial charge in [-0.3, -0.25) is 4.90 Å². The second-order valence-corrected chi connectivity index (χ2v) is 7.38. The van der Waals surface area contributed by atoms with Crippen molar-refractivity contribution in [3.8, 4) is 0 Å². The van der Waals surface area contributed by atoms with Gasteiger partial charge in [-0.15, -0.1) is 0 Å². The highest BCUT2D eigenvalue weighted by molar-refractivity contribution is 9.10. The molecule has 0 bridgehead atoms. The number of aryl methyl sites for hydroxylation is 1. The second kappa shape index (κ2) is 7.00. The van der Waals surface area contributed by atoms with Crippen LogP contribution in [0.2, 0.25) is 0 Å². The Bertz CT molecular complexity index is 557. The number of nitrogens with one attached hydrogen (secondary N) is 1. The van der Waals surface area contributed by atoms with Gasteiger partial charge in [0, 0.05) is 30.7 Å². The quantitative estimate of drug-likeness (QED) is 0.859. The van der Waals surface area contributed by atoms with Crippen molar-refractivity contribution < 1.29 is 13.2 Å². The van der Waals surface area contributed by atoms with E-state index in [-0.39, 0.29) is 0 Å². The lowest BCUT2D eigenvalue weighted by molar-refractivity contribution is 0.0390. The molecule has 1 aromatic carbocycles. The van der Waals surface area contributed by atoms with Gasteiger partial charge in [-0.25, -0.2) is 13.1 Å². The molecular formula is C13H19BrN2O3S. The number of sulfonamides is 1. The average Bonchev–Trinajstić information content (AvgIpc) is 2.43. The van der Waals surface area contributed by atoms with Gasteiger partial charge in [0.1, 0.15) is 0 Å². The van der Waals surface area contributed by atoms with Crippen molar-refractivity contribution in [3.63, 3.8) is 0 Å². The van der Waals surface area contributed by atoms with E-state index in [1.165, 1.54) is 0 Å². The number of rotatable bonds is 5. The maximum atomic E-state index is 12.2. The molecule has 1 heterocycles. The summed E-state index contributed by atoms with van der Waals surface area (Å²) in [6, 6.07) is 5.03. The van der Waals surface area contributed by atoms with Crippen LogP contribution in [0.4, 0.5) is 0 Å². The topological polar surface area (TPSA) is 58.6 Å². The fourth-order valence-corrected chi connectivity index (χ4v) is 3.38. The first-order chi connectivity index (χ1) is 9.49. The Morgan fingerprint density at radius 1 is 1.35 bits per heavy atom. The van der Waals surface area contributed by atoms with E-state index in [0.29, 0.717) is 18.0 Å². The number of halogens is 1. The predicted octanol–water partition coefficient (Wildman–Crippen LogP) is 1.37. The fourth-order valence-electron chi connectivity index (χ4n) is 2.03. The van der Waals surface area contributed by atoms with E-state index in [1.54, 1.807) is 18.2 Å². The molecule has 112 valence electrons. The second-order valence-electron chi connectivity index (χ2n) is 4.76. The van der Waals surface area contributed by atoms with Gasteiger partial charge in [0.15, 0.2) is 0 Å². The molecule has 0 aliphatic carbocycles. The molecule has 0 saturated carbocycles. The average molecular weight is 363 g/mol. The predicted molar refractivity (Wildman–Crippen MR) is 81.3 cm³/mol. The zero-order valence-corrected chi connectivity index (χ0v) is 13.8. The summed E-state index contributed by atoms with van der Waals surface area (Å²) >= 11 is 3.37. The van der Waals surface area contributed by atoms with Crippen molar-refractivity contribution in [1.29, 1.82) is 0 Å². The van der Waals surface area contributed by atoms with Crippen molar-refractivity contribution in [2.75, 3.05) is 39.4 Å². The van der Waals surface area contributed by atoms with E-state index in [2.05, 4.69) is 25.6 Å². The fraction of sp³-hybridized carbons (Fsp3) is 0.538. The lowest BCUT2D eigenvalue weighted by Gasteiger charge is -2.26. The number of hydrogen-bond acceptors (Lipinski definition) is 4. The van der Waals surface area contributed by atoms with Gasteiger partial charge in [0.25, 0.3) is 0 Å². The standard InChI is InChI=1S/C13H19BrN2O3S/c1-11-10-12(2-3-13(11)14)20(17,18)15-4-5-16-6-8-19-9-7-16/h2-3,10,15H,4-9H2,1H3. The minimum absolute atomic E-state index is 0.306. The lowest BCUT2D eigenvalue weighted by atomic mass is 10.2. The molecule has 0 amide bonds. The molecule has 5 nitrogen and oxygen atoms in total. The van der Waals surface area contributed by atoms with Crippen LogP contribution in [0, 0.1) is 6.92 Å². The monoisotopic (exact) mass is 362 g/mol. The number of nitrogens with zero attached hydrogens (tertiary/aromatic N) is 1. The van der Waals surface area contributed by atoms with Gasteiger partial charge in [-0.1, -0.05) is 15.9 Å². The maximum absolute atomic E-state index is 12.2. The Kier molecular flexibility index (Phi) is 5.57. The molecule has 0 radical (unpaired) electrons. The summed E-state index contributed by atoms with van der Waals surface area (Å²) in [7, 11) is -3.43. The highest BCUT2D eigenvalue weighted by Crippen LogP contribution is 2.19. The van der Waals surface area contributed by atoms with E-state index in [0.717, 1.165) is 36.3 Å². The molecule has 0 atom stereocenters. The van der Waals surface area contributed by atoms with Crippen LogP contribution < -0.4 is 4.72 Å². The van der Waals surface area contributed by atoms with Crippen molar-refractivity contribution in [2.24, 2.45) is 0 Å². The van der Waals surface area contributed by atoms with Gasteiger partial charge in [0.2, 0.25) is 10.0 Å². The highest BCUT2D eigenvalue weighted by atomic mass is 79.9. The van der Waals surface area contributed by atoms with Crippen molar-refractivity contribution in [2.45, 2.75) is 11.8 Å². The van der Waals surface area contributed by atoms with E-state index >= 15 is 0 Å². The van der Waals surface area contributed by atoms with Crippen LogP contribution in [0.5, 0.6) is 0 Å². The number of ether oxygens (including phenoxy) is 1. The number of benzene rings is 1. The van der Waals surface area contributed by atoms with E-state index in [9.17, 15) is 8.42 Å². The van der Waals surface area contributed by atoms with Gasteiger partial charge < -0.3 is 4.74 Å². The maximum Gasteiger partial charge on any atom is 0.240 e. The Hall–Kier alpha value is -0.470. The zero-order valence-electron chi connectivity index (χ0n) is 11.4. The number of hydrogen-bond donors (Lipinski definition) is 1. The molecular weight excluding hydrogens is 344 g/mol. The van der Waals surface area contributed by atoms with E-state index in [1.807, 2.05) is 6.92 Å². The SMILES string of the molecule is Cc1cc(S(=O)(=O)NCCN2CCOCC2)ccc1Br. The van der Waals surface area contributed by atoms with Crippen molar-refractivity contribution in [1.82, 2.24) is 9.62 Å². The Labute approximate surface area is 128 Å². The van der Waals surface area contributed by atoms with Gasteiger partial charge in [-0.2, -0.15) is 0 Å². The summed E-state index contributed by atoms with van der Waals surface area (Å²) in [5, 5.41) is 0. The molecule has 1 fully saturated rings. The Morgan fingerprint density at radius 3 is 2.70 bits per heavy atom. The molecule has 0 unspecified atom stereocenters. The van der Waals surface area contributed by atoms with Crippen LogP contribution >= 0.6 is 15.9 Å². The third-order valence-electron chi connectivity index (χ3n) is 3.26. The Morgan fingerprint density at radius 2 is 2.05 bits per heavy atom. The van der Waals surface area contributed by atoms with Crippen LogP contribution in [0.3, 0.4) is 0 Å². The summed E-state index contributed by atoms with van der Waals surface area (Å²) in [5.74, 6) is 0. The van der Waals surface area contributed by atoms with Crippen LogP contribution in [0.15, 0.2) is 27.6 Å². The summed E-state index contributed by atoms with van der Waals surface area (Å²) in [6.07, 6.45) is 0. The van der Waals surface area contributed by atoms with Crippen LogP contribution in [-0.2, 0) is 14.8 Å². The molecule has 1 saturated heterocycles. The first-order valence-electron chi connectivity index (χ1n) is 6.55. The molecule has 0 aromatic heterocycles. The van der Waals surface area contributed by atoms with Crippen LogP contribution in [0.1, 0.15) is 5.56 Å². The first kappa shape index (κ1) is 15.9. The lowest BCUT2D eigenvalue weighted by Crippen LogP contribution is -2.41. The minimum atomic E-state index is -3.43. The molecule has 1 N–H and O–H groups in total. The smallest absolute Gasteiger partial charge is 0.240 e. The van der Waals surface area contributed by atoms with Crippen molar-refractivity contribution in [3.05, 3.63) is 28.2 Å². The zero-order chi connectivity index (χ0) is 14.6. The van der Waals surface area contributed by atoms with Gasteiger partial charge >= 0.3 is 0 Å². The molecule has 1 aromatic rings.